The minimum atomic E-state index is -0.278. The highest BCUT2D eigenvalue weighted by atomic mass is 16.3. The second-order valence-electron chi connectivity index (χ2n) is 5.22. The molecule has 0 unspecified atom stereocenters. The van der Waals surface area contributed by atoms with Gasteiger partial charge in [0.15, 0.2) is 11.5 Å². The highest BCUT2D eigenvalue weighted by Crippen LogP contribution is 2.20. The SMILES string of the molecule is Cn1nc(C(=O)NC(C)(C)C)cc1-c1ccco1. The summed E-state index contributed by atoms with van der Waals surface area (Å²) in [6, 6.07) is 5.36. The van der Waals surface area contributed by atoms with Crippen LogP contribution in [0.25, 0.3) is 11.5 Å². The van der Waals surface area contributed by atoms with Crippen molar-refractivity contribution in [1.82, 2.24) is 15.1 Å². The highest BCUT2D eigenvalue weighted by Gasteiger charge is 2.19. The molecule has 5 nitrogen and oxygen atoms in total. The van der Waals surface area contributed by atoms with Gasteiger partial charge in [0, 0.05) is 18.7 Å². The molecule has 2 aromatic rings. The molecule has 96 valence electrons. The molecule has 0 fully saturated rings. The van der Waals surface area contributed by atoms with Crippen molar-refractivity contribution in [2.45, 2.75) is 26.3 Å². The van der Waals surface area contributed by atoms with Gasteiger partial charge in [0.2, 0.25) is 0 Å². The van der Waals surface area contributed by atoms with Gasteiger partial charge in [-0.15, -0.1) is 0 Å². The van der Waals surface area contributed by atoms with Crippen LogP contribution in [0.5, 0.6) is 0 Å². The minimum Gasteiger partial charge on any atom is -0.463 e. The second kappa shape index (κ2) is 4.33. The van der Waals surface area contributed by atoms with E-state index in [9.17, 15) is 4.79 Å². The molecule has 0 bridgehead atoms. The number of hydrogen-bond acceptors (Lipinski definition) is 3. The molecule has 0 spiro atoms. The van der Waals surface area contributed by atoms with Crippen LogP contribution in [0, 0.1) is 0 Å². The Morgan fingerprint density at radius 3 is 2.72 bits per heavy atom. The molecule has 2 rings (SSSR count). The van der Waals surface area contributed by atoms with Gasteiger partial charge in [-0.2, -0.15) is 5.10 Å². The van der Waals surface area contributed by atoms with Crippen molar-refractivity contribution in [1.29, 1.82) is 0 Å². The Labute approximate surface area is 106 Å². The van der Waals surface area contributed by atoms with Crippen molar-refractivity contribution in [3.8, 4) is 11.5 Å². The third-order valence-electron chi connectivity index (χ3n) is 2.37. The molecule has 0 radical (unpaired) electrons. The highest BCUT2D eigenvalue weighted by molar-refractivity contribution is 5.93. The van der Waals surface area contributed by atoms with E-state index < -0.39 is 0 Å². The van der Waals surface area contributed by atoms with Crippen LogP contribution in [0.3, 0.4) is 0 Å². The zero-order valence-corrected chi connectivity index (χ0v) is 11.0. The summed E-state index contributed by atoms with van der Waals surface area (Å²) in [5.74, 6) is 0.510. The summed E-state index contributed by atoms with van der Waals surface area (Å²) in [5, 5.41) is 7.07. The molecule has 5 heteroatoms. The number of aromatic nitrogens is 2. The lowest BCUT2D eigenvalue weighted by molar-refractivity contribution is 0.0913. The summed E-state index contributed by atoms with van der Waals surface area (Å²) in [5.41, 5.74) is 0.886. The predicted octanol–water partition coefficient (Wildman–Crippen LogP) is 2.21. The van der Waals surface area contributed by atoms with E-state index >= 15 is 0 Å². The molecule has 0 saturated carbocycles. The van der Waals surface area contributed by atoms with E-state index in [-0.39, 0.29) is 11.4 Å². The summed E-state index contributed by atoms with van der Waals surface area (Å²) < 4.78 is 6.94. The molecule has 1 amide bonds. The van der Waals surface area contributed by atoms with Gasteiger partial charge >= 0.3 is 0 Å². The largest absolute Gasteiger partial charge is 0.463 e. The van der Waals surface area contributed by atoms with Crippen LogP contribution in [0.4, 0.5) is 0 Å². The molecular weight excluding hydrogens is 230 g/mol. The van der Waals surface area contributed by atoms with E-state index in [1.807, 2.05) is 26.8 Å². The van der Waals surface area contributed by atoms with Gasteiger partial charge < -0.3 is 9.73 Å². The lowest BCUT2D eigenvalue weighted by Gasteiger charge is -2.19. The van der Waals surface area contributed by atoms with Crippen molar-refractivity contribution < 1.29 is 9.21 Å². The van der Waals surface area contributed by atoms with Crippen LogP contribution in [0.2, 0.25) is 0 Å². The third-order valence-corrected chi connectivity index (χ3v) is 2.37. The zero-order valence-electron chi connectivity index (χ0n) is 11.0. The van der Waals surface area contributed by atoms with E-state index in [1.54, 1.807) is 30.1 Å². The molecule has 0 aliphatic rings. The molecule has 0 aliphatic carbocycles. The first-order valence-corrected chi connectivity index (χ1v) is 5.77. The zero-order chi connectivity index (χ0) is 13.3. The predicted molar refractivity (Wildman–Crippen MR) is 68.1 cm³/mol. The fourth-order valence-electron chi connectivity index (χ4n) is 1.64. The van der Waals surface area contributed by atoms with Crippen molar-refractivity contribution in [3.05, 3.63) is 30.2 Å². The van der Waals surface area contributed by atoms with Crippen LogP contribution in [-0.2, 0) is 7.05 Å². The fourth-order valence-corrected chi connectivity index (χ4v) is 1.64. The number of nitrogens with one attached hydrogen (secondary N) is 1. The summed E-state index contributed by atoms with van der Waals surface area (Å²) in [7, 11) is 1.78. The Morgan fingerprint density at radius 1 is 1.44 bits per heavy atom. The average molecular weight is 247 g/mol. The monoisotopic (exact) mass is 247 g/mol. The smallest absolute Gasteiger partial charge is 0.272 e. The van der Waals surface area contributed by atoms with Gasteiger partial charge in [-0.25, -0.2) is 0 Å². The fraction of sp³-hybridized carbons (Fsp3) is 0.385. The van der Waals surface area contributed by atoms with Gasteiger partial charge in [0.1, 0.15) is 5.69 Å². The Hall–Kier alpha value is -2.04. The van der Waals surface area contributed by atoms with Gasteiger partial charge in [-0.05, 0) is 32.9 Å². The van der Waals surface area contributed by atoms with Gasteiger partial charge in [-0.3, -0.25) is 9.48 Å². The Morgan fingerprint density at radius 2 is 2.17 bits per heavy atom. The quantitative estimate of drug-likeness (QED) is 0.885. The molecule has 2 aromatic heterocycles. The van der Waals surface area contributed by atoms with Crippen molar-refractivity contribution >= 4 is 5.91 Å². The second-order valence-corrected chi connectivity index (χ2v) is 5.22. The van der Waals surface area contributed by atoms with Crippen molar-refractivity contribution in [3.63, 3.8) is 0 Å². The van der Waals surface area contributed by atoms with Gasteiger partial charge in [0.05, 0.1) is 6.26 Å². The first-order chi connectivity index (χ1) is 8.37. The number of rotatable bonds is 2. The van der Waals surface area contributed by atoms with Crippen LogP contribution < -0.4 is 5.32 Å². The van der Waals surface area contributed by atoms with Crippen molar-refractivity contribution in [2.24, 2.45) is 7.05 Å². The maximum Gasteiger partial charge on any atom is 0.272 e. The Bertz CT molecular complexity index is 547. The van der Waals surface area contributed by atoms with E-state index in [0.717, 1.165) is 5.69 Å². The van der Waals surface area contributed by atoms with Gasteiger partial charge in [0.25, 0.3) is 5.91 Å². The summed E-state index contributed by atoms with van der Waals surface area (Å²) in [6.07, 6.45) is 1.59. The Balaban J connectivity index is 2.27. The number of carbonyl (C=O) groups excluding carboxylic acids is 1. The molecule has 2 heterocycles. The van der Waals surface area contributed by atoms with Crippen LogP contribution in [0.1, 0.15) is 31.3 Å². The van der Waals surface area contributed by atoms with Gasteiger partial charge in [-0.1, -0.05) is 0 Å². The Kier molecular flexibility index (Phi) is 2.98. The number of nitrogens with zero attached hydrogens (tertiary/aromatic N) is 2. The molecule has 0 aromatic carbocycles. The number of furan rings is 1. The molecule has 18 heavy (non-hydrogen) atoms. The maximum absolute atomic E-state index is 12.0. The summed E-state index contributed by atoms with van der Waals surface area (Å²) in [6.45, 7) is 5.80. The van der Waals surface area contributed by atoms with Crippen LogP contribution >= 0.6 is 0 Å². The number of hydrogen-bond donors (Lipinski definition) is 1. The normalized spacial score (nSPS) is 11.6. The topological polar surface area (TPSA) is 60.1 Å². The number of aryl methyl sites for hydroxylation is 1. The first-order valence-electron chi connectivity index (χ1n) is 5.77. The van der Waals surface area contributed by atoms with E-state index in [2.05, 4.69) is 10.4 Å². The first kappa shape index (κ1) is 12.4. The number of amides is 1. The lowest BCUT2D eigenvalue weighted by atomic mass is 10.1. The molecule has 1 N–H and O–H groups in total. The summed E-state index contributed by atoms with van der Waals surface area (Å²) in [4.78, 5) is 12.0. The number of carbonyl (C=O) groups is 1. The molecule has 0 aliphatic heterocycles. The summed E-state index contributed by atoms with van der Waals surface area (Å²) >= 11 is 0. The standard InChI is InChI=1S/C13H17N3O2/c1-13(2,3)14-12(17)9-8-10(16(4)15-9)11-6-5-7-18-11/h5-8H,1-4H3,(H,14,17). The van der Waals surface area contributed by atoms with E-state index in [4.69, 9.17) is 4.42 Å². The molecule has 0 saturated heterocycles. The minimum absolute atomic E-state index is 0.184. The van der Waals surface area contributed by atoms with Crippen LogP contribution in [0.15, 0.2) is 28.9 Å². The van der Waals surface area contributed by atoms with E-state index in [1.165, 1.54) is 0 Å². The average Bonchev–Trinajstić information content (AvgIpc) is 2.82. The maximum atomic E-state index is 12.0. The van der Waals surface area contributed by atoms with E-state index in [0.29, 0.717) is 11.5 Å². The molecule has 0 atom stereocenters. The molecular formula is C13H17N3O2. The van der Waals surface area contributed by atoms with Crippen LogP contribution in [-0.4, -0.2) is 21.2 Å². The lowest BCUT2D eigenvalue weighted by Crippen LogP contribution is -2.40. The van der Waals surface area contributed by atoms with Crippen molar-refractivity contribution in [2.75, 3.05) is 0 Å². The third kappa shape index (κ3) is 2.61.